The first-order valence-electron chi connectivity index (χ1n) is 18.1. The van der Waals surface area contributed by atoms with Gasteiger partial charge in [0, 0.05) is 46.0 Å². The van der Waals surface area contributed by atoms with Gasteiger partial charge in [0.15, 0.2) is 17.3 Å². The van der Waals surface area contributed by atoms with Gasteiger partial charge in [-0.3, -0.25) is 9.69 Å². The Kier molecular flexibility index (Phi) is 11.5. The van der Waals surface area contributed by atoms with Crippen molar-refractivity contribution in [2.75, 3.05) is 45.4 Å². The predicted molar refractivity (Wildman–Crippen MR) is 210 cm³/mol. The second-order valence-electron chi connectivity index (χ2n) is 13.8. The monoisotopic (exact) mass is 744 g/mol. The quantitative estimate of drug-likeness (QED) is 0.176. The number of ketones is 1. The summed E-state index contributed by atoms with van der Waals surface area (Å²) in [7, 11) is 3.16. The predicted octanol–water partition coefficient (Wildman–Crippen LogP) is 9.22. The van der Waals surface area contributed by atoms with E-state index in [4.69, 9.17) is 23.7 Å². The van der Waals surface area contributed by atoms with Crippen LogP contribution in [0.1, 0.15) is 62.0 Å². The Morgan fingerprint density at radius 2 is 1.50 bits per heavy atom. The molecule has 0 saturated carbocycles. The number of hydrogen-bond donors (Lipinski definition) is 0. The van der Waals surface area contributed by atoms with Crippen molar-refractivity contribution >= 4 is 41.3 Å². The van der Waals surface area contributed by atoms with E-state index in [-0.39, 0.29) is 30.4 Å². The van der Waals surface area contributed by atoms with E-state index in [9.17, 15) is 4.79 Å². The van der Waals surface area contributed by atoms with Crippen molar-refractivity contribution in [1.29, 1.82) is 0 Å². The molecule has 4 aliphatic heterocycles. The van der Waals surface area contributed by atoms with Gasteiger partial charge in [-0.15, -0.1) is 12.4 Å². The highest BCUT2D eigenvalue weighted by atomic mass is 35.5. The third-order valence-electron chi connectivity index (χ3n) is 10.5. The topological polar surface area (TPSA) is 69.7 Å². The third kappa shape index (κ3) is 6.91. The number of fused-ring (bicyclic) bond motifs is 8. The largest absolute Gasteiger partial charge is 0.493 e. The van der Waals surface area contributed by atoms with Gasteiger partial charge in [-0.2, -0.15) is 0 Å². The van der Waals surface area contributed by atoms with Crippen LogP contribution in [0.2, 0.25) is 0 Å². The summed E-state index contributed by atoms with van der Waals surface area (Å²) in [6.45, 7) is 14.6. The van der Waals surface area contributed by atoms with Gasteiger partial charge in [0.05, 0.1) is 37.1 Å². The Balaban J connectivity index is 0.000000182. The van der Waals surface area contributed by atoms with Crippen LogP contribution < -0.4 is 28.6 Å². The number of Topliss-reactive ketones (excluding diaryl/α,β-unsaturated/α-hetero) is 1. The van der Waals surface area contributed by atoms with E-state index in [1.54, 1.807) is 20.3 Å². The van der Waals surface area contributed by atoms with E-state index in [2.05, 4.69) is 92.9 Å². The third-order valence-corrected chi connectivity index (χ3v) is 11.6. The molecule has 0 aromatic heterocycles. The SMILES string of the molecule is CCN(CC)C(C)CN1c2ccccc2Sc2ccccc21.COc1cc2c(cc1OC)C1C(=O)c3ccc4c(c3OC1CO2)CC(C(C)C)O4.Cl. The molecule has 276 valence electrons. The standard InChI is InChI=1S/C23H24O6.C19H24N2S.ClH/c1-11(2)16-8-14-15(28-16)6-5-12-22(24)21-13-7-18(25-3)19(26-4)9-17(13)27-10-20(21)29-23(12)14;1-4-20(5-2)15(3)14-21-16-10-6-8-12-18(16)22-19-13-9-7-11-17(19)21;/h5-7,9,11,16,20-21H,8,10H2,1-4H3;6-13,15H,4-5,14H2,1-3H3;1H. The molecule has 4 heterocycles. The number of ether oxygens (including phenoxy) is 5. The number of benzene rings is 4. The fraction of sp³-hybridized carbons (Fsp3) is 0.405. The summed E-state index contributed by atoms with van der Waals surface area (Å²) in [5, 5.41) is 0. The molecule has 0 aliphatic carbocycles. The van der Waals surface area contributed by atoms with Gasteiger partial charge in [-0.05, 0) is 68.4 Å². The van der Waals surface area contributed by atoms with Crippen LogP contribution in [0.15, 0.2) is 82.6 Å². The maximum atomic E-state index is 13.5. The fourth-order valence-electron chi connectivity index (χ4n) is 7.67. The van der Waals surface area contributed by atoms with Crippen LogP contribution in [0.3, 0.4) is 0 Å². The lowest BCUT2D eigenvalue weighted by Gasteiger charge is -2.37. The van der Waals surface area contributed by atoms with E-state index < -0.39 is 5.92 Å². The van der Waals surface area contributed by atoms with Crippen molar-refractivity contribution in [3.63, 3.8) is 0 Å². The van der Waals surface area contributed by atoms with Crippen LogP contribution in [0.5, 0.6) is 28.7 Å². The van der Waals surface area contributed by atoms with Crippen molar-refractivity contribution in [2.24, 2.45) is 5.92 Å². The maximum Gasteiger partial charge on any atom is 0.178 e. The number of para-hydroxylation sites is 2. The van der Waals surface area contributed by atoms with Gasteiger partial charge < -0.3 is 28.6 Å². The number of halogens is 1. The summed E-state index contributed by atoms with van der Waals surface area (Å²) >= 11 is 1.88. The van der Waals surface area contributed by atoms with E-state index in [1.165, 1.54) is 21.2 Å². The molecule has 10 heteroatoms. The van der Waals surface area contributed by atoms with Crippen LogP contribution in [0.4, 0.5) is 11.4 Å². The molecule has 0 spiro atoms. The lowest BCUT2D eigenvalue weighted by atomic mass is 9.81. The summed E-state index contributed by atoms with van der Waals surface area (Å²) < 4.78 is 29.2. The molecular formula is C42H49ClN2O6S. The smallest absolute Gasteiger partial charge is 0.178 e. The Bertz CT molecular complexity index is 1870. The normalized spacial score (nSPS) is 19.4. The minimum absolute atomic E-state index is 0. The van der Waals surface area contributed by atoms with Crippen molar-refractivity contribution in [3.05, 3.63) is 89.5 Å². The highest BCUT2D eigenvalue weighted by Crippen LogP contribution is 2.50. The first kappa shape index (κ1) is 37.7. The molecule has 8 nitrogen and oxygen atoms in total. The summed E-state index contributed by atoms with van der Waals surface area (Å²) in [6.07, 6.45) is 0.474. The van der Waals surface area contributed by atoms with Gasteiger partial charge in [0.25, 0.3) is 0 Å². The number of nitrogens with zero attached hydrogens (tertiary/aromatic N) is 2. The summed E-state index contributed by atoms with van der Waals surface area (Å²) in [5.41, 5.74) is 5.05. The second-order valence-corrected chi connectivity index (χ2v) is 14.9. The zero-order chi connectivity index (χ0) is 35.8. The van der Waals surface area contributed by atoms with E-state index in [1.807, 2.05) is 30.0 Å². The minimum Gasteiger partial charge on any atom is -0.493 e. The number of anilines is 2. The summed E-state index contributed by atoms with van der Waals surface area (Å²) in [4.78, 5) is 21.3. The Labute approximate surface area is 318 Å². The number of methoxy groups -OCH3 is 2. The van der Waals surface area contributed by atoms with Gasteiger partial charge in [0.1, 0.15) is 36.1 Å². The Morgan fingerprint density at radius 1 is 0.865 bits per heavy atom. The number of hydrogen-bond acceptors (Lipinski definition) is 9. The second kappa shape index (κ2) is 15.9. The average Bonchev–Trinajstić information content (AvgIpc) is 3.60. The van der Waals surface area contributed by atoms with Crippen LogP contribution in [-0.4, -0.2) is 69.4 Å². The molecule has 52 heavy (non-hydrogen) atoms. The van der Waals surface area contributed by atoms with Crippen LogP contribution >= 0.6 is 24.2 Å². The van der Waals surface area contributed by atoms with E-state index in [0.717, 1.165) is 42.9 Å². The molecule has 4 atom stereocenters. The van der Waals surface area contributed by atoms with Gasteiger partial charge in [0.2, 0.25) is 0 Å². The molecule has 0 N–H and O–H groups in total. The Morgan fingerprint density at radius 3 is 2.12 bits per heavy atom. The molecule has 8 rings (SSSR count). The number of rotatable bonds is 8. The molecule has 0 fully saturated rings. The van der Waals surface area contributed by atoms with Crippen molar-refractivity contribution in [1.82, 2.24) is 4.90 Å². The zero-order valence-corrected chi connectivity index (χ0v) is 32.6. The van der Waals surface area contributed by atoms with Gasteiger partial charge in [-0.25, -0.2) is 0 Å². The summed E-state index contributed by atoms with van der Waals surface area (Å²) in [6, 6.07) is 25.3. The molecule has 4 aromatic rings. The zero-order valence-electron chi connectivity index (χ0n) is 31.0. The molecule has 0 saturated heterocycles. The molecule has 0 amide bonds. The van der Waals surface area contributed by atoms with Gasteiger partial charge >= 0.3 is 0 Å². The average molecular weight is 745 g/mol. The fourth-order valence-corrected chi connectivity index (χ4v) is 8.76. The molecule has 4 aromatic carbocycles. The van der Waals surface area contributed by atoms with E-state index in [0.29, 0.717) is 47.1 Å². The molecule has 4 aliphatic rings. The number of likely N-dealkylation sites (N-methyl/N-ethyl adjacent to an activating group) is 1. The lowest BCUT2D eigenvalue weighted by molar-refractivity contribution is 0.0554. The van der Waals surface area contributed by atoms with Gasteiger partial charge in [-0.1, -0.05) is 63.7 Å². The molecule has 0 radical (unpaired) electrons. The Hall–Kier alpha value is -4.05. The highest BCUT2D eigenvalue weighted by Gasteiger charge is 2.45. The molecule has 4 unspecified atom stereocenters. The lowest BCUT2D eigenvalue weighted by Crippen LogP contribution is -2.43. The summed E-state index contributed by atoms with van der Waals surface area (Å²) in [5.74, 6) is 3.24. The minimum atomic E-state index is -0.438. The van der Waals surface area contributed by atoms with Crippen LogP contribution in [0.25, 0.3) is 0 Å². The molecule has 0 bridgehead atoms. The molecular weight excluding hydrogens is 696 g/mol. The van der Waals surface area contributed by atoms with Crippen LogP contribution in [-0.2, 0) is 6.42 Å². The number of carbonyl (C=O) groups excluding carboxylic acids is 1. The van der Waals surface area contributed by atoms with E-state index >= 15 is 0 Å². The number of carbonyl (C=O) groups is 1. The highest BCUT2D eigenvalue weighted by molar-refractivity contribution is 7.99. The van der Waals surface area contributed by atoms with Crippen LogP contribution in [0, 0.1) is 5.92 Å². The van der Waals surface area contributed by atoms with Crippen molar-refractivity contribution in [3.8, 4) is 28.7 Å². The maximum absolute atomic E-state index is 13.5. The first-order valence-corrected chi connectivity index (χ1v) is 18.9. The first-order chi connectivity index (χ1) is 24.8. The van der Waals surface area contributed by atoms with Crippen molar-refractivity contribution in [2.45, 2.75) is 75.0 Å². The van der Waals surface area contributed by atoms with Crippen molar-refractivity contribution < 1.29 is 28.5 Å².